The lowest BCUT2D eigenvalue weighted by atomic mass is 10.3. The van der Waals surface area contributed by atoms with Gasteiger partial charge in [-0.3, -0.25) is 14.8 Å². The maximum absolute atomic E-state index is 12.6. The molecule has 0 atom stereocenters. The molecule has 24 heavy (non-hydrogen) atoms. The molecule has 0 spiro atoms. The zero-order valence-electron chi connectivity index (χ0n) is 12.3. The van der Waals surface area contributed by atoms with E-state index in [0.29, 0.717) is 9.75 Å². The van der Waals surface area contributed by atoms with Crippen molar-refractivity contribution in [1.29, 1.82) is 0 Å². The van der Waals surface area contributed by atoms with Crippen LogP contribution in [0.2, 0.25) is 0 Å². The molecule has 0 unspecified atom stereocenters. The first kappa shape index (κ1) is 14.8. The Morgan fingerprint density at radius 1 is 0.750 bits per heavy atom. The van der Waals surface area contributed by atoms with E-state index in [9.17, 15) is 4.79 Å². The van der Waals surface area contributed by atoms with Crippen LogP contribution in [0, 0.1) is 0 Å². The van der Waals surface area contributed by atoms with E-state index in [4.69, 9.17) is 0 Å². The minimum absolute atomic E-state index is 0.0599. The van der Waals surface area contributed by atoms with Crippen molar-refractivity contribution in [2.75, 3.05) is 0 Å². The number of rotatable bonds is 4. The van der Waals surface area contributed by atoms with Crippen LogP contribution in [0.25, 0.3) is 21.1 Å². The second-order valence-electron chi connectivity index (χ2n) is 4.87. The molecule has 0 saturated heterocycles. The molecule has 0 fully saturated rings. The molecule has 5 nitrogen and oxygen atoms in total. The average Bonchev–Trinajstić information content (AvgIpc) is 3.33. The number of hydrogen-bond acceptors (Lipinski definition) is 7. The summed E-state index contributed by atoms with van der Waals surface area (Å²) in [4.78, 5) is 30.6. The quantitative estimate of drug-likeness (QED) is 0.521. The van der Waals surface area contributed by atoms with Crippen LogP contribution in [0.15, 0.2) is 61.4 Å². The fourth-order valence-electron chi connectivity index (χ4n) is 2.13. The van der Waals surface area contributed by atoms with Gasteiger partial charge >= 0.3 is 0 Å². The van der Waals surface area contributed by atoms with Gasteiger partial charge in [-0.15, -0.1) is 22.7 Å². The molecule has 0 N–H and O–H groups in total. The van der Waals surface area contributed by atoms with E-state index in [1.165, 1.54) is 22.7 Å². The monoisotopic (exact) mass is 350 g/mol. The molecular formula is C17H10N4OS2. The third kappa shape index (κ3) is 2.86. The van der Waals surface area contributed by atoms with Crippen LogP contribution in [0.5, 0.6) is 0 Å². The van der Waals surface area contributed by atoms with E-state index in [1.54, 1.807) is 37.2 Å². The van der Waals surface area contributed by atoms with Crippen LogP contribution in [0.3, 0.4) is 0 Å². The minimum atomic E-state index is -0.0599. The molecule has 0 saturated carbocycles. The minimum Gasteiger partial charge on any atom is -0.287 e. The predicted molar refractivity (Wildman–Crippen MR) is 94.1 cm³/mol. The van der Waals surface area contributed by atoms with Gasteiger partial charge in [0.15, 0.2) is 0 Å². The normalized spacial score (nSPS) is 10.7. The van der Waals surface area contributed by atoms with Gasteiger partial charge in [-0.25, -0.2) is 9.97 Å². The number of thiazole rings is 2. The number of pyridine rings is 2. The highest BCUT2D eigenvalue weighted by molar-refractivity contribution is 7.20. The molecule has 0 radical (unpaired) electrons. The van der Waals surface area contributed by atoms with E-state index in [0.717, 1.165) is 21.1 Å². The summed E-state index contributed by atoms with van der Waals surface area (Å²) in [6.45, 7) is 0. The fraction of sp³-hybridized carbons (Fsp3) is 0. The van der Waals surface area contributed by atoms with Crippen molar-refractivity contribution in [3.8, 4) is 21.1 Å². The molecule has 0 bridgehead atoms. The molecule has 0 aliphatic rings. The molecule has 4 heterocycles. The first-order valence-corrected chi connectivity index (χ1v) is 8.72. The number of nitrogens with zero attached hydrogens (tertiary/aromatic N) is 4. The summed E-state index contributed by atoms with van der Waals surface area (Å²) in [6.07, 6.45) is 10.1. The van der Waals surface area contributed by atoms with Gasteiger partial charge in [0.05, 0.1) is 9.75 Å². The standard InChI is InChI=1S/C17H10N4OS2/c22-15(13-9-20-16(23-13)11-3-1-5-18-7-11)14-10-21-17(24-14)12-4-2-6-19-8-12/h1-10H. The summed E-state index contributed by atoms with van der Waals surface area (Å²) >= 11 is 2.72. The van der Waals surface area contributed by atoms with E-state index >= 15 is 0 Å². The van der Waals surface area contributed by atoms with Crippen LogP contribution < -0.4 is 0 Å². The van der Waals surface area contributed by atoms with Gasteiger partial charge in [-0.05, 0) is 24.3 Å². The van der Waals surface area contributed by atoms with Crippen molar-refractivity contribution >= 4 is 28.5 Å². The zero-order chi connectivity index (χ0) is 16.4. The topological polar surface area (TPSA) is 68.6 Å². The van der Waals surface area contributed by atoms with Crippen LogP contribution >= 0.6 is 22.7 Å². The highest BCUT2D eigenvalue weighted by Crippen LogP contribution is 2.29. The Hall–Kier alpha value is -2.77. The molecule has 4 rings (SSSR count). The molecule has 0 aliphatic carbocycles. The van der Waals surface area contributed by atoms with Crippen molar-refractivity contribution < 1.29 is 4.79 Å². The first-order chi connectivity index (χ1) is 11.8. The molecule has 7 heteroatoms. The Bertz CT molecular complexity index is 900. The van der Waals surface area contributed by atoms with Gasteiger partial charge in [-0.2, -0.15) is 0 Å². The Labute approximate surface area is 145 Å². The van der Waals surface area contributed by atoms with Crippen molar-refractivity contribution in [2.24, 2.45) is 0 Å². The molecule has 4 aromatic heterocycles. The van der Waals surface area contributed by atoms with Gasteiger partial charge in [0.25, 0.3) is 0 Å². The Kier molecular flexibility index (Phi) is 3.94. The van der Waals surface area contributed by atoms with Gasteiger partial charge in [0.1, 0.15) is 10.0 Å². The summed E-state index contributed by atoms with van der Waals surface area (Å²) < 4.78 is 0. The summed E-state index contributed by atoms with van der Waals surface area (Å²) in [7, 11) is 0. The van der Waals surface area contributed by atoms with Gasteiger partial charge in [0, 0.05) is 48.3 Å². The summed E-state index contributed by atoms with van der Waals surface area (Å²) in [5, 5.41) is 1.56. The highest BCUT2D eigenvalue weighted by atomic mass is 32.1. The molecular weight excluding hydrogens is 340 g/mol. The van der Waals surface area contributed by atoms with Gasteiger partial charge in [-0.1, -0.05) is 0 Å². The number of hydrogen-bond donors (Lipinski definition) is 0. The SMILES string of the molecule is O=C(c1cnc(-c2cccnc2)s1)c1cnc(-c2cccnc2)s1. The maximum atomic E-state index is 12.6. The molecule has 4 aromatic rings. The van der Waals surface area contributed by atoms with E-state index in [2.05, 4.69) is 19.9 Å². The Morgan fingerprint density at radius 3 is 1.67 bits per heavy atom. The summed E-state index contributed by atoms with van der Waals surface area (Å²) in [5.74, 6) is -0.0599. The maximum Gasteiger partial charge on any atom is 0.216 e. The number of aromatic nitrogens is 4. The largest absolute Gasteiger partial charge is 0.287 e. The third-order valence-corrected chi connectivity index (χ3v) is 5.37. The summed E-state index contributed by atoms with van der Waals surface area (Å²) in [6, 6.07) is 7.55. The van der Waals surface area contributed by atoms with Gasteiger partial charge in [0.2, 0.25) is 5.78 Å². The lowest BCUT2D eigenvalue weighted by Crippen LogP contribution is -1.94. The van der Waals surface area contributed by atoms with Crippen molar-refractivity contribution in [3.05, 3.63) is 71.2 Å². The predicted octanol–water partition coefficient (Wildman–Crippen LogP) is 3.95. The van der Waals surface area contributed by atoms with Crippen molar-refractivity contribution in [3.63, 3.8) is 0 Å². The second-order valence-corrected chi connectivity index (χ2v) is 6.93. The number of carbonyl (C=O) groups excluding carboxylic acids is 1. The van der Waals surface area contributed by atoms with Crippen LogP contribution in [0.4, 0.5) is 0 Å². The number of ketones is 1. The average molecular weight is 350 g/mol. The van der Waals surface area contributed by atoms with Crippen LogP contribution in [-0.4, -0.2) is 25.7 Å². The van der Waals surface area contributed by atoms with Crippen molar-refractivity contribution in [1.82, 2.24) is 19.9 Å². The third-order valence-electron chi connectivity index (χ3n) is 3.28. The Morgan fingerprint density at radius 2 is 1.25 bits per heavy atom. The van der Waals surface area contributed by atoms with Crippen LogP contribution in [-0.2, 0) is 0 Å². The second kappa shape index (κ2) is 6.38. The lowest BCUT2D eigenvalue weighted by molar-refractivity contribution is 0.104. The first-order valence-electron chi connectivity index (χ1n) is 7.08. The lowest BCUT2D eigenvalue weighted by Gasteiger charge is -1.93. The van der Waals surface area contributed by atoms with E-state index in [-0.39, 0.29) is 5.78 Å². The van der Waals surface area contributed by atoms with E-state index in [1.807, 2.05) is 24.3 Å². The van der Waals surface area contributed by atoms with Crippen LogP contribution in [0.1, 0.15) is 14.5 Å². The Balaban J connectivity index is 1.61. The zero-order valence-corrected chi connectivity index (χ0v) is 13.9. The van der Waals surface area contributed by atoms with Gasteiger partial charge < -0.3 is 0 Å². The summed E-state index contributed by atoms with van der Waals surface area (Å²) in [5.41, 5.74) is 1.81. The van der Waals surface area contributed by atoms with E-state index < -0.39 is 0 Å². The molecule has 0 aliphatic heterocycles. The fourth-order valence-corrected chi connectivity index (χ4v) is 3.91. The molecule has 116 valence electrons. The highest BCUT2D eigenvalue weighted by Gasteiger charge is 2.17. The molecule has 0 amide bonds. The smallest absolute Gasteiger partial charge is 0.216 e. The molecule has 0 aromatic carbocycles. The van der Waals surface area contributed by atoms with Crippen molar-refractivity contribution in [2.45, 2.75) is 0 Å². The number of carbonyl (C=O) groups is 1.